The molecule has 0 bridgehead atoms. The van der Waals surface area contributed by atoms with E-state index in [1.54, 1.807) is 55.5 Å². The molecular weight excluding hydrogens is 418 g/mol. The molecular formula is C23H22ClN3O4. The highest BCUT2D eigenvalue weighted by Crippen LogP contribution is 2.28. The van der Waals surface area contributed by atoms with Crippen LogP contribution in [0, 0.1) is 6.92 Å². The standard InChI is InChI=1S/C23H22ClN3O4/c1-14-12-19(26-21(14)22(30)16-8-10-17(24)11-9-16)15(2)27(18-6-4-3-5-7-18)23(31)25-13-20(28)29/h3-12,15,26H,13H2,1-2H3,(H,25,31)(H,28,29). The van der Waals surface area contributed by atoms with Crippen LogP contribution in [0.1, 0.15) is 40.3 Å². The largest absolute Gasteiger partial charge is 0.480 e. The van der Waals surface area contributed by atoms with Crippen LogP contribution in [0.2, 0.25) is 5.02 Å². The minimum absolute atomic E-state index is 0.186. The molecule has 1 atom stereocenters. The molecule has 1 unspecified atom stereocenters. The molecule has 31 heavy (non-hydrogen) atoms. The second kappa shape index (κ2) is 9.49. The topological polar surface area (TPSA) is 102 Å². The molecule has 0 aliphatic carbocycles. The third-order valence-corrected chi connectivity index (χ3v) is 5.10. The molecule has 0 saturated carbocycles. The summed E-state index contributed by atoms with van der Waals surface area (Å²) in [6, 6.07) is 16.3. The van der Waals surface area contributed by atoms with Crippen molar-refractivity contribution < 1.29 is 19.5 Å². The van der Waals surface area contributed by atoms with Crippen LogP contribution in [0.5, 0.6) is 0 Å². The van der Waals surface area contributed by atoms with E-state index in [1.165, 1.54) is 4.90 Å². The fourth-order valence-electron chi connectivity index (χ4n) is 3.27. The summed E-state index contributed by atoms with van der Waals surface area (Å²) < 4.78 is 0. The number of carbonyl (C=O) groups is 3. The van der Waals surface area contributed by atoms with E-state index in [0.717, 1.165) is 5.56 Å². The van der Waals surface area contributed by atoms with Crippen LogP contribution in [0.4, 0.5) is 10.5 Å². The smallest absolute Gasteiger partial charge is 0.323 e. The highest BCUT2D eigenvalue weighted by Gasteiger charge is 2.26. The van der Waals surface area contributed by atoms with E-state index < -0.39 is 24.6 Å². The summed E-state index contributed by atoms with van der Waals surface area (Å²) in [6.45, 7) is 3.11. The number of aromatic amines is 1. The number of aliphatic carboxylic acids is 1. The number of anilines is 1. The molecule has 0 aliphatic heterocycles. The molecule has 160 valence electrons. The highest BCUT2D eigenvalue weighted by atomic mass is 35.5. The third kappa shape index (κ3) is 5.13. The first-order valence-corrected chi connectivity index (χ1v) is 9.99. The highest BCUT2D eigenvalue weighted by molar-refractivity contribution is 6.30. The summed E-state index contributed by atoms with van der Waals surface area (Å²) in [5.74, 6) is -1.32. The maximum Gasteiger partial charge on any atom is 0.323 e. The Kier molecular flexibility index (Phi) is 6.77. The first kappa shape index (κ1) is 22.1. The van der Waals surface area contributed by atoms with Gasteiger partial charge in [0.2, 0.25) is 5.78 Å². The lowest BCUT2D eigenvalue weighted by Crippen LogP contribution is -2.43. The first-order valence-electron chi connectivity index (χ1n) is 9.61. The van der Waals surface area contributed by atoms with Crippen LogP contribution in [-0.2, 0) is 4.79 Å². The van der Waals surface area contributed by atoms with Crippen LogP contribution < -0.4 is 10.2 Å². The van der Waals surface area contributed by atoms with Gasteiger partial charge in [-0.3, -0.25) is 14.5 Å². The zero-order chi connectivity index (χ0) is 22.5. The lowest BCUT2D eigenvalue weighted by molar-refractivity contribution is -0.135. The fraction of sp³-hybridized carbons (Fsp3) is 0.174. The fourth-order valence-corrected chi connectivity index (χ4v) is 3.40. The number of amides is 2. The zero-order valence-corrected chi connectivity index (χ0v) is 17.8. The molecule has 3 rings (SSSR count). The Morgan fingerprint density at radius 1 is 1.10 bits per heavy atom. The second-order valence-corrected chi connectivity index (χ2v) is 7.49. The van der Waals surface area contributed by atoms with Gasteiger partial charge in [0.05, 0.1) is 11.7 Å². The van der Waals surface area contributed by atoms with Crippen molar-refractivity contribution in [3.63, 3.8) is 0 Å². The van der Waals surface area contributed by atoms with E-state index in [-0.39, 0.29) is 5.78 Å². The Morgan fingerprint density at radius 2 is 1.74 bits per heavy atom. The van der Waals surface area contributed by atoms with E-state index in [0.29, 0.717) is 27.7 Å². The molecule has 0 radical (unpaired) electrons. The predicted molar refractivity (Wildman–Crippen MR) is 119 cm³/mol. The average molecular weight is 440 g/mol. The molecule has 1 heterocycles. The van der Waals surface area contributed by atoms with Gasteiger partial charge in [0.25, 0.3) is 0 Å². The van der Waals surface area contributed by atoms with Crippen molar-refractivity contribution >= 4 is 35.1 Å². The van der Waals surface area contributed by atoms with Gasteiger partial charge in [0.1, 0.15) is 6.54 Å². The van der Waals surface area contributed by atoms with Crippen molar-refractivity contribution in [3.8, 4) is 0 Å². The molecule has 3 aromatic rings. The Bertz CT molecular complexity index is 1090. The zero-order valence-electron chi connectivity index (χ0n) is 17.1. The predicted octanol–water partition coefficient (Wildman–Crippen LogP) is 4.57. The summed E-state index contributed by atoms with van der Waals surface area (Å²) in [5, 5.41) is 11.9. The summed E-state index contributed by atoms with van der Waals surface area (Å²) in [7, 11) is 0. The number of benzene rings is 2. The quantitative estimate of drug-likeness (QED) is 0.469. The molecule has 0 spiro atoms. The number of hydrogen-bond donors (Lipinski definition) is 3. The summed E-state index contributed by atoms with van der Waals surface area (Å²) in [6.07, 6.45) is 0. The van der Waals surface area contributed by atoms with Crippen molar-refractivity contribution in [1.29, 1.82) is 0 Å². The van der Waals surface area contributed by atoms with Crippen molar-refractivity contribution in [2.24, 2.45) is 0 Å². The van der Waals surface area contributed by atoms with E-state index in [4.69, 9.17) is 16.7 Å². The number of rotatable bonds is 7. The molecule has 0 fully saturated rings. The van der Waals surface area contributed by atoms with Gasteiger partial charge >= 0.3 is 12.0 Å². The number of H-pyrrole nitrogens is 1. The number of halogens is 1. The number of hydrogen-bond acceptors (Lipinski definition) is 3. The monoisotopic (exact) mass is 439 g/mol. The Labute approximate surface area is 184 Å². The first-order chi connectivity index (χ1) is 14.8. The lowest BCUT2D eigenvalue weighted by Gasteiger charge is -2.29. The second-order valence-electron chi connectivity index (χ2n) is 7.05. The number of para-hydroxylation sites is 1. The van der Waals surface area contributed by atoms with Gasteiger partial charge in [0.15, 0.2) is 0 Å². The van der Waals surface area contributed by atoms with Crippen molar-refractivity contribution in [1.82, 2.24) is 10.3 Å². The molecule has 2 amide bonds. The van der Waals surface area contributed by atoms with E-state index in [2.05, 4.69) is 10.3 Å². The number of aryl methyl sites for hydroxylation is 1. The summed E-state index contributed by atoms with van der Waals surface area (Å²) in [4.78, 5) is 41.2. The number of aromatic nitrogens is 1. The summed E-state index contributed by atoms with van der Waals surface area (Å²) in [5.41, 5.74) is 2.89. The molecule has 7 nitrogen and oxygen atoms in total. The third-order valence-electron chi connectivity index (χ3n) is 4.85. The number of carboxylic acids is 1. The van der Waals surface area contributed by atoms with Crippen molar-refractivity contribution in [2.45, 2.75) is 19.9 Å². The van der Waals surface area contributed by atoms with Crippen LogP contribution in [-0.4, -0.2) is 34.4 Å². The SMILES string of the molecule is Cc1cc(C(C)N(C(=O)NCC(=O)O)c2ccccc2)[nH]c1C(=O)c1ccc(Cl)cc1. The Morgan fingerprint density at radius 3 is 2.35 bits per heavy atom. The van der Waals surface area contributed by atoms with E-state index in [1.807, 2.05) is 19.1 Å². The van der Waals surface area contributed by atoms with Gasteiger partial charge < -0.3 is 15.4 Å². The van der Waals surface area contributed by atoms with Crippen LogP contribution >= 0.6 is 11.6 Å². The number of carbonyl (C=O) groups excluding carboxylic acids is 2. The normalized spacial score (nSPS) is 11.6. The van der Waals surface area contributed by atoms with Gasteiger partial charge in [-0.25, -0.2) is 4.79 Å². The van der Waals surface area contributed by atoms with Crippen LogP contribution in [0.3, 0.4) is 0 Å². The van der Waals surface area contributed by atoms with Gasteiger partial charge in [-0.1, -0.05) is 29.8 Å². The minimum Gasteiger partial charge on any atom is -0.480 e. The number of ketones is 1. The minimum atomic E-state index is -1.14. The van der Waals surface area contributed by atoms with Crippen LogP contribution in [0.15, 0.2) is 60.7 Å². The maximum atomic E-state index is 12.9. The van der Waals surface area contributed by atoms with Crippen molar-refractivity contribution in [2.75, 3.05) is 11.4 Å². The van der Waals surface area contributed by atoms with Gasteiger partial charge in [-0.2, -0.15) is 0 Å². The number of nitrogens with zero attached hydrogens (tertiary/aromatic N) is 1. The van der Waals surface area contributed by atoms with E-state index >= 15 is 0 Å². The molecule has 1 aromatic heterocycles. The number of urea groups is 1. The molecule has 2 aromatic carbocycles. The van der Waals surface area contributed by atoms with Crippen LogP contribution in [0.25, 0.3) is 0 Å². The van der Waals surface area contributed by atoms with E-state index in [9.17, 15) is 14.4 Å². The van der Waals surface area contributed by atoms with Crippen molar-refractivity contribution in [3.05, 3.63) is 88.2 Å². The molecule has 0 aliphatic rings. The molecule has 8 heteroatoms. The molecule has 0 saturated heterocycles. The number of carboxylic acid groups (broad SMARTS) is 1. The Hall–Kier alpha value is -3.58. The lowest BCUT2D eigenvalue weighted by atomic mass is 10.1. The summed E-state index contributed by atoms with van der Waals surface area (Å²) >= 11 is 5.91. The average Bonchev–Trinajstić information content (AvgIpc) is 3.15. The Balaban J connectivity index is 1.92. The molecule has 3 N–H and O–H groups in total. The number of nitrogens with one attached hydrogen (secondary N) is 2. The van der Waals surface area contributed by atoms with Gasteiger partial charge in [0, 0.05) is 22.0 Å². The maximum absolute atomic E-state index is 12.9. The van der Waals surface area contributed by atoms with Gasteiger partial charge in [-0.15, -0.1) is 0 Å². The van der Waals surface area contributed by atoms with Gasteiger partial charge in [-0.05, 0) is 61.9 Å².